The molecule has 5 aromatic heterocycles. The molecule has 0 radical (unpaired) electrons. The second-order valence-electron chi connectivity index (χ2n) is 6.95. The molecule has 32 heavy (non-hydrogen) atoms. The van der Waals surface area contributed by atoms with E-state index in [4.69, 9.17) is 8.83 Å². The standard InChI is InChI=1S/C20H16N6O5S/c1-24-17-15(18(28)25(2)20(24)29)26(10-21-17)9-13(27)22-19-23-14(11-5-3-7-30-11)16(32-19)12-6-4-8-31-12/h3-8,10H,9H2,1-2H3,(H,22,23,27). The number of carbonyl (C=O) groups excluding carboxylic acids is 1. The van der Waals surface area contributed by atoms with Crippen molar-refractivity contribution in [2.45, 2.75) is 6.54 Å². The first-order valence-corrected chi connectivity index (χ1v) is 10.2. The van der Waals surface area contributed by atoms with Crippen molar-refractivity contribution >= 4 is 33.5 Å². The smallest absolute Gasteiger partial charge is 0.332 e. The van der Waals surface area contributed by atoms with E-state index >= 15 is 0 Å². The van der Waals surface area contributed by atoms with Crippen LogP contribution in [0, 0.1) is 0 Å². The van der Waals surface area contributed by atoms with Crippen LogP contribution in [0.25, 0.3) is 33.3 Å². The Labute approximate surface area is 183 Å². The van der Waals surface area contributed by atoms with Gasteiger partial charge in [0.2, 0.25) is 5.91 Å². The van der Waals surface area contributed by atoms with Crippen molar-refractivity contribution in [1.29, 1.82) is 0 Å². The van der Waals surface area contributed by atoms with Gasteiger partial charge in [0.1, 0.15) is 22.9 Å². The molecule has 0 spiro atoms. The molecule has 5 aromatic rings. The van der Waals surface area contributed by atoms with Gasteiger partial charge in [-0.15, -0.1) is 0 Å². The van der Waals surface area contributed by atoms with Gasteiger partial charge in [-0.25, -0.2) is 14.8 Å². The number of nitrogens with one attached hydrogen (secondary N) is 1. The number of aryl methyl sites for hydroxylation is 1. The number of nitrogens with zero attached hydrogens (tertiary/aromatic N) is 5. The molecule has 0 aliphatic rings. The monoisotopic (exact) mass is 452 g/mol. The number of amides is 1. The first-order chi connectivity index (χ1) is 15.4. The number of thiazole rings is 1. The number of imidazole rings is 1. The van der Waals surface area contributed by atoms with Crippen LogP contribution in [0.2, 0.25) is 0 Å². The number of rotatable bonds is 5. The average Bonchev–Trinajstić information content (AvgIpc) is 3.56. The molecule has 0 aliphatic heterocycles. The van der Waals surface area contributed by atoms with Crippen molar-refractivity contribution in [2.24, 2.45) is 14.1 Å². The summed E-state index contributed by atoms with van der Waals surface area (Å²) in [6.07, 6.45) is 4.45. The lowest BCUT2D eigenvalue weighted by Crippen LogP contribution is -2.37. The molecule has 0 saturated heterocycles. The van der Waals surface area contributed by atoms with Gasteiger partial charge in [-0.05, 0) is 24.3 Å². The molecular formula is C20H16N6O5S. The maximum atomic E-state index is 12.7. The summed E-state index contributed by atoms with van der Waals surface area (Å²) in [5.41, 5.74) is -0.0993. The van der Waals surface area contributed by atoms with Crippen LogP contribution in [0.1, 0.15) is 0 Å². The van der Waals surface area contributed by atoms with Crippen molar-refractivity contribution in [3.05, 3.63) is 64.0 Å². The van der Waals surface area contributed by atoms with E-state index in [9.17, 15) is 14.4 Å². The second-order valence-corrected chi connectivity index (χ2v) is 7.95. The van der Waals surface area contributed by atoms with E-state index in [1.54, 1.807) is 30.5 Å². The molecular weight excluding hydrogens is 436 g/mol. The third-order valence-electron chi connectivity index (χ3n) is 4.90. The van der Waals surface area contributed by atoms with Crippen molar-refractivity contribution in [3.8, 4) is 22.1 Å². The largest absolute Gasteiger partial charge is 0.463 e. The van der Waals surface area contributed by atoms with Crippen molar-refractivity contribution in [1.82, 2.24) is 23.7 Å². The summed E-state index contributed by atoms with van der Waals surface area (Å²) in [5.74, 6) is 0.725. The number of hydrogen-bond donors (Lipinski definition) is 1. The van der Waals surface area contributed by atoms with E-state index in [1.165, 1.54) is 47.2 Å². The minimum absolute atomic E-state index is 0.163. The molecule has 0 atom stereocenters. The summed E-state index contributed by atoms with van der Waals surface area (Å²) in [6.45, 7) is -0.185. The summed E-state index contributed by atoms with van der Waals surface area (Å²) in [5, 5.41) is 3.09. The van der Waals surface area contributed by atoms with Gasteiger partial charge in [0, 0.05) is 14.1 Å². The van der Waals surface area contributed by atoms with Crippen molar-refractivity contribution in [2.75, 3.05) is 5.32 Å². The summed E-state index contributed by atoms with van der Waals surface area (Å²) in [6, 6.07) is 7.07. The number of aromatic nitrogens is 5. The van der Waals surface area contributed by atoms with Gasteiger partial charge in [-0.2, -0.15) is 0 Å². The third-order valence-corrected chi connectivity index (χ3v) is 5.89. The van der Waals surface area contributed by atoms with Gasteiger partial charge in [0.25, 0.3) is 5.56 Å². The Kier molecular flexibility index (Phi) is 4.63. The fraction of sp³-hybridized carbons (Fsp3) is 0.150. The summed E-state index contributed by atoms with van der Waals surface area (Å²) in [7, 11) is 2.90. The molecule has 0 aliphatic carbocycles. The van der Waals surface area contributed by atoms with E-state index in [0.29, 0.717) is 27.2 Å². The van der Waals surface area contributed by atoms with Gasteiger partial charge in [0.05, 0.1) is 18.9 Å². The zero-order valence-corrected chi connectivity index (χ0v) is 17.8. The molecule has 5 heterocycles. The Morgan fingerprint density at radius 1 is 1.09 bits per heavy atom. The van der Waals surface area contributed by atoms with Crippen LogP contribution in [0.15, 0.2) is 61.5 Å². The van der Waals surface area contributed by atoms with Gasteiger partial charge in [0.15, 0.2) is 22.1 Å². The summed E-state index contributed by atoms with van der Waals surface area (Å²) >= 11 is 1.24. The third kappa shape index (κ3) is 3.17. The molecule has 1 amide bonds. The number of anilines is 1. The fourth-order valence-corrected chi connectivity index (χ4v) is 4.31. The second kappa shape index (κ2) is 7.50. The molecule has 11 nitrogen and oxygen atoms in total. The van der Waals surface area contributed by atoms with E-state index in [1.807, 2.05) is 0 Å². The van der Waals surface area contributed by atoms with Gasteiger partial charge < -0.3 is 18.7 Å². The molecule has 0 saturated carbocycles. The Balaban J connectivity index is 1.46. The fourth-order valence-electron chi connectivity index (χ4n) is 3.36. The molecule has 12 heteroatoms. The summed E-state index contributed by atoms with van der Waals surface area (Å²) in [4.78, 5) is 46.7. The predicted octanol–water partition coefficient (Wildman–Crippen LogP) is 2.05. The van der Waals surface area contributed by atoms with Gasteiger partial charge in [-0.3, -0.25) is 18.7 Å². The molecule has 0 bridgehead atoms. The zero-order chi connectivity index (χ0) is 22.4. The highest BCUT2D eigenvalue weighted by atomic mass is 32.1. The lowest BCUT2D eigenvalue weighted by atomic mass is 10.2. The molecule has 162 valence electrons. The Morgan fingerprint density at radius 2 is 1.81 bits per heavy atom. The minimum atomic E-state index is -0.525. The molecule has 0 unspecified atom stereocenters. The van der Waals surface area contributed by atoms with E-state index < -0.39 is 17.2 Å². The van der Waals surface area contributed by atoms with Crippen LogP contribution >= 0.6 is 11.3 Å². The number of hydrogen-bond acceptors (Lipinski definition) is 8. The zero-order valence-electron chi connectivity index (χ0n) is 16.9. The van der Waals surface area contributed by atoms with Crippen LogP contribution < -0.4 is 16.6 Å². The highest BCUT2D eigenvalue weighted by Crippen LogP contribution is 2.39. The first-order valence-electron chi connectivity index (χ1n) is 9.43. The maximum Gasteiger partial charge on any atom is 0.332 e. The lowest BCUT2D eigenvalue weighted by molar-refractivity contribution is -0.116. The minimum Gasteiger partial charge on any atom is -0.463 e. The number of fused-ring (bicyclic) bond motifs is 1. The van der Waals surface area contributed by atoms with Crippen LogP contribution in [0.3, 0.4) is 0 Å². The lowest BCUT2D eigenvalue weighted by Gasteiger charge is -2.06. The number of carbonyl (C=O) groups is 1. The summed E-state index contributed by atoms with van der Waals surface area (Å²) < 4.78 is 14.6. The van der Waals surface area contributed by atoms with E-state index in [0.717, 1.165) is 4.57 Å². The van der Waals surface area contributed by atoms with Crippen LogP contribution in [-0.2, 0) is 25.4 Å². The van der Waals surface area contributed by atoms with E-state index in [2.05, 4.69) is 15.3 Å². The quantitative estimate of drug-likeness (QED) is 0.432. The molecule has 0 fully saturated rings. The highest BCUT2D eigenvalue weighted by molar-refractivity contribution is 7.19. The van der Waals surface area contributed by atoms with Crippen LogP contribution in [-0.4, -0.2) is 29.6 Å². The Hall–Kier alpha value is -4.19. The number of furan rings is 2. The van der Waals surface area contributed by atoms with Gasteiger partial charge >= 0.3 is 5.69 Å². The Morgan fingerprint density at radius 3 is 2.50 bits per heavy atom. The van der Waals surface area contributed by atoms with Crippen LogP contribution in [0.4, 0.5) is 5.13 Å². The van der Waals surface area contributed by atoms with Crippen molar-refractivity contribution in [3.63, 3.8) is 0 Å². The highest BCUT2D eigenvalue weighted by Gasteiger charge is 2.21. The average molecular weight is 452 g/mol. The van der Waals surface area contributed by atoms with Crippen molar-refractivity contribution < 1.29 is 13.6 Å². The molecule has 0 aromatic carbocycles. The maximum absolute atomic E-state index is 12.7. The normalized spacial score (nSPS) is 11.3. The molecule has 5 rings (SSSR count). The topological polar surface area (TPSA) is 130 Å². The van der Waals surface area contributed by atoms with Crippen LogP contribution in [0.5, 0.6) is 0 Å². The predicted molar refractivity (Wildman–Crippen MR) is 116 cm³/mol. The molecule has 1 N–H and O–H groups in total. The SMILES string of the molecule is Cn1c(=O)c2c(ncn2CC(=O)Nc2nc(-c3ccco3)c(-c3ccco3)s2)n(C)c1=O. The first kappa shape index (κ1) is 19.8. The van der Waals surface area contributed by atoms with E-state index in [-0.39, 0.29) is 17.7 Å². The van der Waals surface area contributed by atoms with Gasteiger partial charge in [-0.1, -0.05) is 11.3 Å². The Bertz CT molecular complexity index is 1500.